The highest BCUT2D eigenvalue weighted by Crippen LogP contribution is 2.40. The maximum absolute atomic E-state index is 12.7. The highest BCUT2D eigenvalue weighted by molar-refractivity contribution is 6.01. The Bertz CT molecular complexity index is 1470. The highest BCUT2D eigenvalue weighted by atomic mass is 16.5. The van der Waals surface area contributed by atoms with Crippen molar-refractivity contribution in [3.8, 4) is 11.1 Å². The minimum atomic E-state index is -0.174. The number of nitrogens with zero attached hydrogens (tertiary/aromatic N) is 4. The Hall–Kier alpha value is -3.71. The van der Waals surface area contributed by atoms with E-state index < -0.39 is 0 Å². The summed E-state index contributed by atoms with van der Waals surface area (Å²) in [6, 6.07) is 13.0. The summed E-state index contributed by atoms with van der Waals surface area (Å²) < 4.78 is 7.50. The van der Waals surface area contributed by atoms with E-state index in [1.54, 1.807) is 7.05 Å². The van der Waals surface area contributed by atoms with Crippen LogP contribution in [0.15, 0.2) is 48.8 Å². The van der Waals surface area contributed by atoms with Gasteiger partial charge in [-0.05, 0) is 78.1 Å². The molecule has 6 rings (SSSR count). The van der Waals surface area contributed by atoms with E-state index in [9.17, 15) is 4.79 Å². The number of aryl methyl sites for hydroxylation is 3. The number of aromatic nitrogens is 3. The molecule has 7 nitrogen and oxygen atoms in total. The molecule has 2 aliphatic heterocycles. The number of pyridine rings is 1. The standard InChI is InChI=1S/C29H31N5O2/c1-18-11-27-21(13-24(18)23-15-31-33(3)16-23)5-4-9-34(27)28-25-12-19(22-8-10-36-17-22)6-7-20(25)14-26(32-28)29(35)30-2/h6-7,11-16,22H,4-5,8-10,17H2,1-3H3,(H,30,35). The van der Waals surface area contributed by atoms with Crippen LogP contribution in [0, 0.1) is 6.92 Å². The molecule has 7 heteroatoms. The Morgan fingerprint density at radius 3 is 2.83 bits per heavy atom. The number of hydrogen-bond donors (Lipinski definition) is 1. The van der Waals surface area contributed by atoms with Gasteiger partial charge in [0.05, 0.1) is 12.8 Å². The summed E-state index contributed by atoms with van der Waals surface area (Å²) in [7, 11) is 3.59. The maximum Gasteiger partial charge on any atom is 0.269 e. The molecule has 2 aromatic carbocycles. The molecule has 1 unspecified atom stereocenters. The number of benzene rings is 2. The third kappa shape index (κ3) is 3.93. The van der Waals surface area contributed by atoms with Crippen LogP contribution in [0.1, 0.15) is 45.9 Å². The van der Waals surface area contributed by atoms with E-state index in [4.69, 9.17) is 9.72 Å². The van der Waals surface area contributed by atoms with Gasteiger partial charge in [-0.15, -0.1) is 0 Å². The average Bonchev–Trinajstić information content (AvgIpc) is 3.59. The minimum Gasteiger partial charge on any atom is -0.381 e. The third-order valence-corrected chi connectivity index (χ3v) is 7.51. The van der Waals surface area contributed by atoms with Crippen molar-refractivity contribution in [1.29, 1.82) is 0 Å². The zero-order chi connectivity index (χ0) is 24.8. The summed E-state index contributed by atoms with van der Waals surface area (Å²) in [6.07, 6.45) is 7.05. The van der Waals surface area contributed by atoms with Crippen molar-refractivity contribution in [2.24, 2.45) is 7.05 Å². The second-order valence-electron chi connectivity index (χ2n) is 9.91. The normalized spacial score (nSPS) is 17.4. The highest BCUT2D eigenvalue weighted by Gasteiger charge is 2.25. The summed E-state index contributed by atoms with van der Waals surface area (Å²) in [4.78, 5) is 19.9. The summed E-state index contributed by atoms with van der Waals surface area (Å²) in [6.45, 7) is 4.57. The van der Waals surface area contributed by atoms with Crippen molar-refractivity contribution >= 4 is 28.2 Å². The first-order valence-electron chi connectivity index (χ1n) is 12.7. The molecule has 2 aromatic heterocycles. The lowest BCUT2D eigenvalue weighted by Crippen LogP contribution is -2.27. The number of carbonyl (C=O) groups excluding carboxylic acids is 1. The van der Waals surface area contributed by atoms with Crippen LogP contribution in [0.25, 0.3) is 21.9 Å². The van der Waals surface area contributed by atoms with Gasteiger partial charge in [-0.2, -0.15) is 5.10 Å². The van der Waals surface area contributed by atoms with Crippen LogP contribution in [0.4, 0.5) is 11.5 Å². The molecule has 2 aliphatic rings. The lowest BCUT2D eigenvalue weighted by molar-refractivity contribution is 0.0958. The number of fused-ring (bicyclic) bond motifs is 2. The van der Waals surface area contributed by atoms with Crippen molar-refractivity contribution in [2.75, 3.05) is 31.7 Å². The number of nitrogens with one attached hydrogen (secondary N) is 1. The number of anilines is 2. The van der Waals surface area contributed by atoms with E-state index in [1.165, 1.54) is 27.9 Å². The number of hydrogen-bond acceptors (Lipinski definition) is 5. The van der Waals surface area contributed by atoms with Gasteiger partial charge in [-0.1, -0.05) is 12.1 Å². The zero-order valence-corrected chi connectivity index (χ0v) is 21.0. The van der Waals surface area contributed by atoms with E-state index in [-0.39, 0.29) is 5.91 Å². The Morgan fingerprint density at radius 2 is 2.08 bits per heavy atom. The Morgan fingerprint density at radius 1 is 1.19 bits per heavy atom. The molecule has 0 aliphatic carbocycles. The molecule has 0 saturated carbocycles. The number of carbonyl (C=O) groups is 1. The van der Waals surface area contributed by atoms with Crippen LogP contribution in [0.5, 0.6) is 0 Å². The molecular formula is C29H31N5O2. The van der Waals surface area contributed by atoms with Gasteiger partial charge in [0.1, 0.15) is 11.5 Å². The van der Waals surface area contributed by atoms with Gasteiger partial charge in [-0.25, -0.2) is 4.98 Å². The Balaban J connectivity index is 1.51. The van der Waals surface area contributed by atoms with Crippen molar-refractivity contribution in [2.45, 2.75) is 32.1 Å². The van der Waals surface area contributed by atoms with Gasteiger partial charge in [-0.3, -0.25) is 9.48 Å². The molecular weight excluding hydrogens is 450 g/mol. The van der Waals surface area contributed by atoms with Gasteiger partial charge in [0.2, 0.25) is 0 Å². The summed E-state index contributed by atoms with van der Waals surface area (Å²) in [5, 5.41) is 9.21. The molecule has 0 bridgehead atoms. The molecule has 4 heterocycles. The van der Waals surface area contributed by atoms with Gasteiger partial charge in [0, 0.05) is 56.0 Å². The second kappa shape index (κ2) is 9.06. The zero-order valence-electron chi connectivity index (χ0n) is 21.0. The van der Waals surface area contributed by atoms with Gasteiger partial charge >= 0.3 is 0 Å². The average molecular weight is 482 g/mol. The molecule has 0 radical (unpaired) electrons. The fourth-order valence-electron chi connectivity index (χ4n) is 5.58. The SMILES string of the molecule is CNC(=O)c1cc2ccc(C3CCOC3)cc2c(N2CCCc3cc(-c4cnn(C)c4)c(C)cc32)n1. The first kappa shape index (κ1) is 22.7. The minimum absolute atomic E-state index is 0.174. The molecule has 184 valence electrons. The summed E-state index contributed by atoms with van der Waals surface area (Å²) in [5.41, 5.74) is 7.72. The van der Waals surface area contributed by atoms with E-state index in [0.29, 0.717) is 11.6 Å². The van der Waals surface area contributed by atoms with Gasteiger partial charge in [0.15, 0.2) is 0 Å². The van der Waals surface area contributed by atoms with E-state index >= 15 is 0 Å². The Kier molecular flexibility index (Phi) is 5.72. The van der Waals surface area contributed by atoms with E-state index in [2.05, 4.69) is 58.8 Å². The molecule has 36 heavy (non-hydrogen) atoms. The summed E-state index contributed by atoms with van der Waals surface area (Å²) >= 11 is 0. The van der Waals surface area contributed by atoms with Crippen molar-refractivity contribution < 1.29 is 9.53 Å². The van der Waals surface area contributed by atoms with Crippen LogP contribution in [0.3, 0.4) is 0 Å². The van der Waals surface area contributed by atoms with Crippen molar-refractivity contribution in [3.05, 3.63) is 71.2 Å². The quantitative estimate of drug-likeness (QED) is 0.449. The lowest BCUT2D eigenvalue weighted by Gasteiger charge is -2.32. The van der Waals surface area contributed by atoms with Crippen LogP contribution in [-0.2, 0) is 18.2 Å². The molecule has 1 saturated heterocycles. The predicted octanol–water partition coefficient (Wildman–Crippen LogP) is 4.89. The monoisotopic (exact) mass is 481 g/mol. The first-order chi connectivity index (χ1) is 17.5. The molecule has 0 spiro atoms. The number of rotatable bonds is 4. The predicted molar refractivity (Wildman–Crippen MR) is 142 cm³/mol. The van der Waals surface area contributed by atoms with E-state index in [0.717, 1.165) is 61.2 Å². The first-order valence-corrected chi connectivity index (χ1v) is 12.7. The fourth-order valence-corrected chi connectivity index (χ4v) is 5.58. The molecule has 4 aromatic rings. The van der Waals surface area contributed by atoms with Gasteiger partial charge < -0.3 is 15.0 Å². The Labute approximate surface area is 211 Å². The fraction of sp³-hybridized carbons (Fsp3) is 0.345. The van der Waals surface area contributed by atoms with Crippen molar-refractivity contribution in [3.63, 3.8) is 0 Å². The molecule has 1 atom stereocenters. The molecule has 1 N–H and O–H groups in total. The second-order valence-corrected chi connectivity index (χ2v) is 9.91. The van der Waals surface area contributed by atoms with Gasteiger partial charge in [0.25, 0.3) is 5.91 Å². The summed E-state index contributed by atoms with van der Waals surface area (Å²) in [5.74, 6) is 1.08. The maximum atomic E-state index is 12.7. The smallest absolute Gasteiger partial charge is 0.269 e. The van der Waals surface area contributed by atoms with E-state index in [1.807, 2.05) is 24.0 Å². The third-order valence-electron chi connectivity index (χ3n) is 7.51. The largest absolute Gasteiger partial charge is 0.381 e. The van der Waals surface area contributed by atoms with Crippen LogP contribution >= 0.6 is 0 Å². The number of amides is 1. The van der Waals surface area contributed by atoms with Crippen LogP contribution < -0.4 is 10.2 Å². The van der Waals surface area contributed by atoms with Crippen molar-refractivity contribution in [1.82, 2.24) is 20.1 Å². The van der Waals surface area contributed by atoms with Crippen LogP contribution in [0.2, 0.25) is 0 Å². The molecule has 1 fully saturated rings. The number of ether oxygens (including phenoxy) is 1. The topological polar surface area (TPSA) is 72.3 Å². The molecule has 1 amide bonds. The lowest BCUT2D eigenvalue weighted by atomic mass is 9.92. The van der Waals surface area contributed by atoms with Crippen LogP contribution in [-0.4, -0.2) is 47.5 Å².